The highest BCUT2D eigenvalue weighted by atomic mass is 35.5. The van der Waals surface area contributed by atoms with E-state index < -0.39 is 53.7 Å². The summed E-state index contributed by atoms with van der Waals surface area (Å²) in [4.78, 5) is 29.4. The van der Waals surface area contributed by atoms with Crippen LogP contribution >= 0.6 is 11.6 Å². The van der Waals surface area contributed by atoms with Crippen LogP contribution in [0.4, 0.5) is 13.2 Å². The average molecular weight is 558 g/mol. The van der Waals surface area contributed by atoms with Gasteiger partial charge in [0.1, 0.15) is 11.3 Å². The predicted octanol–water partition coefficient (Wildman–Crippen LogP) is 7.21. The highest BCUT2D eigenvalue weighted by Crippen LogP contribution is 2.56. The topological polar surface area (TPSA) is 87.0 Å². The van der Waals surface area contributed by atoms with E-state index in [2.05, 4.69) is 4.99 Å². The van der Waals surface area contributed by atoms with E-state index >= 15 is 0 Å². The standard InChI is InChI=1S/C30H27ClF3NO4/c1-18-24(26(36)37)25(21-13-8-14-22(31)17-21)29(28(38)39,27(35-18)30(32,33)34)16-15-23(19-9-4-2-5-10-19)20-11-6-3-7-12-20/h2-14,17,23-25,27H,15-16H2,1H3,(H,36,37)(H,38,39). The number of halogens is 4. The van der Waals surface area contributed by atoms with Gasteiger partial charge in [0, 0.05) is 22.6 Å². The molecule has 0 bridgehead atoms. The highest BCUT2D eigenvalue weighted by Gasteiger charge is 2.66. The van der Waals surface area contributed by atoms with Crippen molar-refractivity contribution in [3.63, 3.8) is 0 Å². The van der Waals surface area contributed by atoms with Gasteiger partial charge in [0.05, 0.1) is 0 Å². The van der Waals surface area contributed by atoms with Crippen molar-refractivity contribution < 1.29 is 33.0 Å². The van der Waals surface area contributed by atoms with Crippen molar-refractivity contribution in [2.45, 2.75) is 43.8 Å². The molecule has 0 aromatic heterocycles. The number of rotatable bonds is 8. The SMILES string of the molecule is CC1=NC(C(F)(F)F)C(CCC(c2ccccc2)c2ccccc2)(C(=O)O)C(c2cccc(Cl)c2)C1C(=O)O. The zero-order valence-electron chi connectivity index (χ0n) is 21.0. The molecule has 4 rings (SSSR count). The molecule has 0 amide bonds. The van der Waals surface area contributed by atoms with E-state index in [9.17, 15) is 33.0 Å². The first-order valence-electron chi connectivity index (χ1n) is 12.4. The fourth-order valence-electron chi connectivity index (χ4n) is 5.91. The molecule has 0 radical (unpaired) electrons. The third kappa shape index (κ3) is 5.57. The summed E-state index contributed by atoms with van der Waals surface area (Å²) in [6, 6.07) is 21.3. The Bertz CT molecular complexity index is 1320. The minimum atomic E-state index is -5.05. The molecule has 9 heteroatoms. The van der Waals surface area contributed by atoms with Crippen molar-refractivity contribution in [3.05, 3.63) is 107 Å². The maximum Gasteiger partial charge on any atom is 0.411 e. The van der Waals surface area contributed by atoms with E-state index in [0.29, 0.717) is 0 Å². The van der Waals surface area contributed by atoms with Crippen LogP contribution in [0.2, 0.25) is 5.02 Å². The summed E-state index contributed by atoms with van der Waals surface area (Å²) in [5.41, 5.74) is -1.19. The van der Waals surface area contributed by atoms with Crippen LogP contribution in [0.5, 0.6) is 0 Å². The van der Waals surface area contributed by atoms with Gasteiger partial charge in [-0.15, -0.1) is 0 Å². The van der Waals surface area contributed by atoms with Gasteiger partial charge in [0.2, 0.25) is 0 Å². The molecule has 2 N–H and O–H groups in total. The van der Waals surface area contributed by atoms with Crippen molar-refractivity contribution in [1.82, 2.24) is 0 Å². The van der Waals surface area contributed by atoms with Gasteiger partial charge >= 0.3 is 18.1 Å². The van der Waals surface area contributed by atoms with Crippen molar-refractivity contribution in [2.75, 3.05) is 0 Å². The molecular formula is C30H27ClF3NO4. The molecule has 39 heavy (non-hydrogen) atoms. The highest BCUT2D eigenvalue weighted by molar-refractivity contribution is 6.30. The van der Waals surface area contributed by atoms with Gasteiger partial charge in [0.15, 0.2) is 6.04 Å². The summed E-state index contributed by atoms with van der Waals surface area (Å²) in [5.74, 6) is -6.81. The number of hydrogen-bond donors (Lipinski definition) is 2. The average Bonchev–Trinajstić information content (AvgIpc) is 2.89. The lowest BCUT2D eigenvalue weighted by Crippen LogP contribution is -2.59. The molecule has 4 unspecified atom stereocenters. The Morgan fingerprint density at radius 1 is 0.949 bits per heavy atom. The number of benzene rings is 3. The molecule has 0 saturated carbocycles. The van der Waals surface area contributed by atoms with E-state index in [4.69, 9.17) is 11.6 Å². The molecule has 0 spiro atoms. The maximum absolute atomic E-state index is 14.7. The molecule has 204 valence electrons. The second-order valence-corrected chi connectivity index (χ2v) is 10.3. The minimum Gasteiger partial charge on any atom is -0.481 e. The second kappa shape index (κ2) is 11.2. The first-order chi connectivity index (χ1) is 18.5. The maximum atomic E-state index is 14.7. The number of alkyl halides is 3. The van der Waals surface area contributed by atoms with Crippen LogP contribution in [-0.4, -0.2) is 40.1 Å². The lowest BCUT2D eigenvalue weighted by Gasteiger charge is -2.48. The van der Waals surface area contributed by atoms with Crippen LogP contribution in [0.15, 0.2) is 89.9 Å². The number of carbonyl (C=O) groups is 2. The molecule has 3 aromatic rings. The van der Waals surface area contributed by atoms with Crippen molar-refractivity contribution in [1.29, 1.82) is 0 Å². The number of carboxylic acid groups (broad SMARTS) is 2. The molecule has 5 nitrogen and oxygen atoms in total. The second-order valence-electron chi connectivity index (χ2n) is 9.82. The minimum absolute atomic E-state index is 0.00484. The monoisotopic (exact) mass is 557 g/mol. The predicted molar refractivity (Wildman–Crippen MR) is 142 cm³/mol. The normalized spacial score (nSPS) is 23.3. The Morgan fingerprint density at radius 3 is 1.97 bits per heavy atom. The molecule has 1 aliphatic rings. The van der Waals surface area contributed by atoms with E-state index in [1.165, 1.54) is 31.2 Å². The number of hydrogen-bond acceptors (Lipinski definition) is 3. The first-order valence-corrected chi connectivity index (χ1v) is 12.8. The van der Waals surface area contributed by atoms with E-state index in [1.807, 2.05) is 36.4 Å². The zero-order valence-corrected chi connectivity index (χ0v) is 21.7. The van der Waals surface area contributed by atoms with Gasteiger partial charge in [-0.05, 0) is 48.6 Å². The molecule has 0 saturated heterocycles. The van der Waals surface area contributed by atoms with Gasteiger partial charge in [-0.1, -0.05) is 84.4 Å². The fourth-order valence-corrected chi connectivity index (χ4v) is 6.11. The fraction of sp³-hybridized carbons (Fsp3) is 0.300. The number of aliphatic carboxylic acids is 2. The lowest BCUT2D eigenvalue weighted by atomic mass is 9.57. The number of aliphatic imine (C=N–C) groups is 1. The van der Waals surface area contributed by atoms with Crippen molar-refractivity contribution >= 4 is 29.3 Å². The summed E-state index contributed by atoms with van der Waals surface area (Å²) < 4.78 is 44.1. The number of carboxylic acids is 2. The summed E-state index contributed by atoms with van der Waals surface area (Å²) >= 11 is 6.17. The summed E-state index contributed by atoms with van der Waals surface area (Å²) in [5, 5.41) is 21.0. The Hall–Kier alpha value is -3.65. The van der Waals surface area contributed by atoms with Gasteiger partial charge in [-0.25, -0.2) is 0 Å². The molecular weight excluding hydrogens is 531 g/mol. The van der Waals surface area contributed by atoms with E-state index in [1.54, 1.807) is 24.3 Å². The van der Waals surface area contributed by atoms with E-state index in [0.717, 1.165) is 11.1 Å². The molecule has 0 fully saturated rings. The van der Waals surface area contributed by atoms with Crippen LogP contribution in [0.1, 0.15) is 48.3 Å². The Morgan fingerprint density at radius 2 is 1.51 bits per heavy atom. The molecule has 3 aromatic carbocycles. The van der Waals surface area contributed by atoms with Crippen LogP contribution in [0, 0.1) is 11.3 Å². The number of nitrogens with zero attached hydrogens (tertiary/aromatic N) is 1. The Balaban J connectivity index is 1.94. The van der Waals surface area contributed by atoms with Gasteiger partial charge < -0.3 is 10.2 Å². The van der Waals surface area contributed by atoms with Crippen LogP contribution in [-0.2, 0) is 9.59 Å². The molecule has 1 aliphatic heterocycles. The Kier molecular flexibility index (Phi) is 8.16. The first kappa shape index (κ1) is 28.4. The summed E-state index contributed by atoms with van der Waals surface area (Å²) in [7, 11) is 0. The molecule has 1 heterocycles. The Labute approximate surface area is 229 Å². The van der Waals surface area contributed by atoms with Gasteiger partial charge in [-0.3, -0.25) is 14.6 Å². The zero-order chi connectivity index (χ0) is 28.4. The molecule has 4 atom stereocenters. The van der Waals surface area contributed by atoms with Crippen molar-refractivity contribution in [3.8, 4) is 0 Å². The lowest BCUT2D eigenvalue weighted by molar-refractivity contribution is -0.198. The van der Waals surface area contributed by atoms with Crippen LogP contribution in [0.25, 0.3) is 0 Å². The summed E-state index contributed by atoms with van der Waals surface area (Å²) in [6.45, 7) is 1.21. The summed E-state index contributed by atoms with van der Waals surface area (Å²) in [6.07, 6.45) is -5.53. The third-order valence-corrected chi connectivity index (χ3v) is 7.83. The van der Waals surface area contributed by atoms with Crippen LogP contribution < -0.4 is 0 Å². The smallest absolute Gasteiger partial charge is 0.411 e. The van der Waals surface area contributed by atoms with E-state index in [-0.39, 0.29) is 22.7 Å². The van der Waals surface area contributed by atoms with Crippen molar-refractivity contribution in [2.24, 2.45) is 16.3 Å². The van der Waals surface area contributed by atoms with Gasteiger partial charge in [0.25, 0.3) is 0 Å². The van der Waals surface area contributed by atoms with Crippen LogP contribution in [0.3, 0.4) is 0 Å². The quantitative estimate of drug-likeness (QED) is 0.306. The van der Waals surface area contributed by atoms with Gasteiger partial charge in [-0.2, -0.15) is 13.2 Å². The molecule has 0 aliphatic carbocycles. The largest absolute Gasteiger partial charge is 0.481 e. The third-order valence-electron chi connectivity index (χ3n) is 7.59.